The van der Waals surface area contributed by atoms with E-state index in [1.54, 1.807) is 0 Å². The molecule has 3 aliphatic rings. The van der Waals surface area contributed by atoms with E-state index in [0.717, 1.165) is 102 Å². The van der Waals surface area contributed by atoms with Crippen LogP contribution in [0.15, 0.2) is 48.7 Å². The Morgan fingerprint density at radius 3 is 1.90 bits per heavy atom. The number of rotatable bonds is 10. The van der Waals surface area contributed by atoms with E-state index in [1.165, 1.54) is 30.9 Å². The molecule has 4 atom stereocenters. The van der Waals surface area contributed by atoms with E-state index in [4.69, 9.17) is 19.4 Å². The van der Waals surface area contributed by atoms with Crippen molar-refractivity contribution in [1.82, 2.24) is 40.4 Å². The Labute approximate surface area is 350 Å². The molecule has 14 heteroatoms. The molecule has 2 unspecified atom stereocenters. The maximum absolute atomic E-state index is 13.8. The highest BCUT2D eigenvalue weighted by Crippen LogP contribution is 2.41. The van der Waals surface area contributed by atoms with Crippen LogP contribution in [-0.2, 0) is 31.9 Å². The summed E-state index contributed by atoms with van der Waals surface area (Å²) in [5.41, 5.74) is 8.94. The number of aromatic amines is 2. The molecule has 8 rings (SSSR count). The second-order valence-corrected chi connectivity index (χ2v) is 17.1. The van der Waals surface area contributed by atoms with Crippen molar-refractivity contribution in [3.63, 3.8) is 0 Å². The number of carbonyl (C=O) groups excluding carboxylic acids is 4. The van der Waals surface area contributed by atoms with Gasteiger partial charge in [-0.05, 0) is 103 Å². The fourth-order valence-corrected chi connectivity index (χ4v) is 9.57. The molecule has 14 nitrogen and oxygen atoms in total. The van der Waals surface area contributed by atoms with Crippen molar-refractivity contribution < 1.29 is 28.7 Å². The number of carbonyl (C=O) groups is 4. The Hall–Kier alpha value is -5.92. The topological polar surface area (TPSA) is 175 Å². The predicted octanol–water partition coefficient (Wildman–Crippen LogP) is 7.74. The van der Waals surface area contributed by atoms with Crippen LogP contribution in [-0.4, -0.2) is 93.1 Å². The first kappa shape index (κ1) is 40.8. The summed E-state index contributed by atoms with van der Waals surface area (Å²) in [4.78, 5) is 72.5. The van der Waals surface area contributed by atoms with Crippen LogP contribution in [0.25, 0.3) is 44.2 Å². The Bertz CT molecular complexity index is 2440. The number of fused-ring (bicyclic) bond motifs is 4. The molecule has 5 aromatic rings. The minimum Gasteiger partial charge on any atom is -0.453 e. The average molecular weight is 817 g/mol. The molecular weight excluding hydrogens is 761 g/mol. The van der Waals surface area contributed by atoms with Crippen molar-refractivity contribution in [2.75, 3.05) is 27.3 Å². The fraction of sp³-hybridized carbons (Fsp3) is 0.478. The normalized spacial score (nSPS) is 18.9. The maximum atomic E-state index is 13.8. The van der Waals surface area contributed by atoms with Gasteiger partial charge in [-0.15, -0.1) is 0 Å². The Morgan fingerprint density at radius 1 is 0.717 bits per heavy atom. The van der Waals surface area contributed by atoms with Crippen LogP contribution < -0.4 is 10.6 Å². The summed E-state index contributed by atoms with van der Waals surface area (Å²) in [5, 5.41) is 7.59. The van der Waals surface area contributed by atoms with Gasteiger partial charge in [0.1, 0.15) is 23.7 Å². The van der Waals surface area contributed by atoms with Gasteiger partial charge in [-0.1, -0.05) is 58.0 Å². The summed E-state index contributed by atoms with van der Waals surface area (Å²) in [7, 11) is 2.60. The summed E-state index contributed by atoms with van der Waals surface area (Å²) in [6.07, 6.45) is 8.13. The lowest BCUT2D eigenvalue weighted by atomic mass is 9.82. The number of imidazole rings is 2. The monoisotopic (exact) mass is 816 g/mol. The predicted molar refractivity (Wildman–Crippen MR) is 229 cm³/mol. The van der Waals surface area contributed by atoms with E-state index in [9.17, 15) is 19.2 Å². The van der Waals surface area contributed by atoms with Gasteiger partial charge in [-0.3, -0.25) is 9.59 Å². The first-order valence-corrected chi connectivity index (χ1v) is 21.4. The number of alkyl carbamates (subject to hydrolysis) is 2. The molecule has 2 saturated heterocycles. The van der Waals surface area contributed by atoms with Gasteiger partial charge in [0, 0.05) is 24.0 Å². The van der Waals surface area contributed by atoms with Crippen LogP contribution in [0.3, 0.4) is 0 Å². The molecule has 4 N–H and O–H groups in total. The number of hydrogen-bond acceptors (Lipinski definition) is 8. The number of hydrogen-bond donors (Lipinski definition) is 4. The molecule has 60 heavy (non-hydrogen) atoms. The number of nitrogens with one attached hydrogen (secondary N) is 4. The SMILES string of the molecule is COC(=O)N[C@H](C(=O)N1CCCC1c1ncc(-c2ccc(-c3ccc4c(ccc5[nH]c(C6CCCN6C(=O)[C@@H](NC(=O)OC)C(C)C)nc54)c3)c3c2CCCC3)[nH]1)C(C)C. The zero-order valence-corrected chi connectivity index (χ0v) is 35.4. The van der Waals surface area contributed by atoms with Crippen LogP contribution in [0.5, 0.6) is 0 Å². The molecule has 4 amide bonds. The number of amides is 4. The maximum Gasteiger partial charge on any atom is 0.407 e. The molecule has 3 aromatic carbocycles. The van der Waals surface area contributed by atoms with Gasteiger partial charge >= 0.3 is 12.2 Å². The fourth-order valence-electron chi connectivity index (χ4n) is 9.57. The average Bonchev–Trinajstić information content (AvgIpc) is 4.09. The zero-order chi connectivity index (χ0) is 42.2. The van der Waals surface area contributed by atoms with Gasteiger partial charge in [-0.2, -0.15) is 0 Å². The highest BCUT2D eigenvalue weighted by molar-refractivity contribution is 6.05. The molecule has 0 saturated carbocycles. The number of methoxy groups -OCH3 is 2. The highest BCUT2D eigenvalue weighted by Gasteiger charge is 2.39. The number of likely N-dealkylation sites (tertiary alicyclic amines) is 2. The molecule has 2 aliphatic heterocycles. The molecule has 0 bridgehead atoms. The number of nitrogens with zero attached hydrogens (tertiary/aromatic N) is 4. The second-order valence-electron chi connectivity index (χ2n) is 17.1. The number of benzene rings is 3. The molecule has 0 spiro atoms. The summed E-state index contributed by atoms with van der Waals surface area (Å²) in [5.74, 6) is 1.04. The largest absolute Gasteiger partial charge is 0.453 e. The Morgan fingerprint density at radius 2 is 1.30 bits per heavy atom. The summed E-state index contributed by atoms with van der Waals surface area (Å²) in [6, 6.07) is 13.4. The van der Waals surface area contributed by atoms with E-state index in [0.29, 0.717) is 13.1 Å². The van der Waals surface area contributed by atoms with Gasteiger partial charge in [0.25, 0.3) is 0 Å². The van der Waals surface area contributed by atoms with E-state index in [-0.39, 0.29) is 35.7 Å². The van der Waals surface area contributed by atoms with Crippen LogP contribution in [0.4, 0.5) is 9.59 Å². The molecule has 316 valence electrons. The second kappa shape index (κ2) is 17.0. The standard InChI is InChI=1S/C46H56N8O6/c1-25(2)38(51-45(57)59-5)43(55)53-21-9-13-36(53)41-47-24-35(49-41)33-19-18-29(31-11-7-8-12-32(31)33)27-15-17-30-28(23-27)16-20-34-40(30)50-42(48-34)37-14-10-22-54(37)44(56)39(26(3)4)52-46(58)60-6/h15-20,23-26,36-39H,7-14,21-22H2,1-6H3,(H,47,49)(H,48,50)(H,51,57)(H,52,58)/t36?,37?,38-,39-/m0/s1. The Balaban J connectivity index is 1.06. The van der Waals surface area contributed by atoms with Crippen molar-refractivity contribution >= 4 is 45.8 Å². The number of ether oxygens (including phenoxy) is 2. The summed E-state index contributed by atoms with van der Waals surface area (Å²) >= 11 is 0. The minimum atomic E-state index is -0.694. The Kier molecular flexibility index (Phi) is 11.6. The zero-order valence-electron chi connectivity index (χ0n) is 35.4. The molecular formula is C46H56N8O6. The molecule has 0 radical (unpaired) electrons. The van der Waals surface area contributed by atoms with E-state index in [1.807, 2.05) is 43.7 Å². The van der Waals surface area contributed by atoms with Gasteiger partial charge in [0.15, 0.2) is 0 Å². The van der Waals surface area contributed by atoms with Crippen molar-refractivity contribution in [3.05, 3.63) is 71.4 Å². The van der Waals surface area contributed by atoms with Gasteiger partial charge in [-0.25, -0.2) is 19.6 Å². The third kappa shape index (κ3) is 7.67. The van der Waals surface area contributed by atoms with E-state index in [2.05, 4.69) is 63.1 Å². The quantitative estimate of drug-likeness (QED) is 0.111. The molecule has 1 aliphatic carbocycles. The van der Waals surface area contributed by atoms with E-state index >= 15 is 0 Å². The molecule has 2 aromatic heterocycles. The highest BCUT2D eigenvalue weighted by atomic mass is 16.5. The van der Waals surface area contributed by atoms with Crippen molar-refractivity contribution in [2.24, 2.45) is 11.8 Å². The van der Waals surface area contributed by atoms with Crippen molar-refractivity contribution in [3.8, 4) is 22.4 Å². The summed E-state index contributed by atoms with van der Waals surface area (Å²) in [6.45, 7) is 8.86. The van der Waals surface area contributed by atoms with Gasteiger partial charge in [0.2, 0.25) is 11.8 Å². The van der Waals surface area contributed by atoms with E-state index < -0.39 is 24.3 Å². The third-order valence-corrected chi connectivity index (χ3v) is 12.7. The lowest BCUT2D eigenvalue weighted by molar-refractivity contribution is -0.136. The molecule has 2 fully saturated rings. The minimum absolute atomic E-state index is 0.105. The van der Waals surface area contributed by atoms with Crippen LogP contribution in [0.2, 0.25) is 0 Å². The van der Waals surface area contributed by atoms with Gasteiger partial charge < -0.3 is 39.9 Å². The molecule has 4 heterocycles. The smallest absolute Gasteiger partial charge is 0.407 e. The summed E-state index contributed by atoms with van der Waals surface area (Å²) < 4.78 is 9.61. The third-order valence-electron chi connectivity index (χ3n) is 12.7. The van der Waals surface area contributed by atoms with Crippen LogP contribution in [0.1, 0.15) is 101 Å². The first-order valence-electron chi connectivity index (χ1n) is 21.4. The number of H-pyrrole nitrogens is 2. The number of aromatic nitrogens is 4. The van der Waals surface area contributed by atoms with Crippen molar-refractivity contribution in [2.45, 2.75) is 103 Å². The lowest BCUT2D eigenvalue weighted by Gasteiger charge is -2.30. The lowest BCUT2D eigenvalue weighted by Crippen LogP contribution is -2.51. The van der Waals surface area contributed by atoms with Gasteiger partial charge in [0.05, 0.1) is 49.2 Å². The first-order chi connectivity index (χ1) is 29.0. The van der Waals surface area contributed by atoms with Crippen molar-refractivity contribution in [1.29, 1.82) is 0 Å². The van der Waals surface area contributed by atoms with Crippen LogP contribution >= 0.6 is 0 Å². The van der Waals surface area contributed by atoms with Crippen LogP contribution in [0, 0.1) is 11.8 Å².